The van der Waals surface area contributed by atoms with Crippen molar-refractivity contribution in [2.24, 2.45) is 5.92 Å². The number of halogens is 1. The van der Waals surface area contributed by atoms with Crippen molar-refractivity contribution in [1.82, 2.24) is 5.32 Å². The van der Waals surface area contributed by atoms with Gasteiger partial charge in [0.15, 0.2) is 0 Å². The molecule has 106 valence electrons. The number of hydrogen-bond acceptors (Lipinski definition) is 2. The Kier molecular flexibility index (Phi) is 6.55. The van der Waals surface area contributed by atoms with E-state index in [-0.39, 0.29) is 0 Å². The van der Waals surface area contributed by atoms with Gasteiger partial charge < -0.3 is 5.32 Å². The van der Waals surface area contributed by atoms with E-state index in [9.17, 15) is 0 Å². The molecule has 0 aromatic heterocycles. The number of rotatable bonds is 6. The molecule has 1 saturated carbocycles. The first-order valence-electron chi connectivity index (χ1n) is 7.31. The van der Waals surface area contributed by atoms with Crippen molar-refractivity contribution in [3.63, 3.8) is 0 Å². The largest absolute Gasteiger partial charge is 0.313 e. The van der Waals surface area contributed by atoms with Gasteiger partial charge in [-0.05, 0) is 36.5 Å². The zero-order valence-corrected chi connectivity index (χ0v) is 13.3. The van der Waals surface area contributed by atoms with Crippen LogP contribution in [0.4, 0.5) is 0 Å². The van der Waals surface area contributed by atoms with E-state index >= 15 is 0 Å². The molecule has 0 saturated heterocycles. The van der Waals surface area contributed by atoms with Crippen molar-refractivity contribution in [2.75, 3.05) is 12.3 Å². The molecule has 0 aliphatic heterocycles. The van der Waals surface area contributed by atoms with Crippen LogP contribution in [0, 0.1) is 5.92 Å². The van der Waals surface area contributed by atoms with Gasteiger partial charge in [-0.1, -0.05) is 43.5 Å². The Morgan fingerprint density at radius 3 is 2.68 bits per heavy atom. The maximum absolute atomic E-state index is 5.88. The van der Waals surface area contributed by atoms with Crippen molar-refractivity contribution >= 4 is 23.4 Å². The number of hydrogen-bond donors (Lipinski definition) is 1. The van der Waals surface area contributed by atoms with Gasteiger partial charge in [-0.3, -0.25) is 0 Å². The van der Waals surface area contributed by atoms with Crippen LogP contribution in [0.15, 0.2) is 24.3 Å². The highest BCUT2D eigenvalue weighted by atomic mass is 35.5. The summed E-state index contributed by atoms with van der Waals surface area (Å²) in [4.78, 5) is 0. The van der Waals surface area contributed by atoms with Gasteiger partial charge in [-0.25, -0.2) is 0 Å². The minimum atomic E-state index is 0.755. The van der Waals surface area contributed by atoms with Crippen LogP contribution in [0.3, 0.4) is 0 Å². The van der Waals surface area contributed by atoms with Crippen molar-refractivity contribution in [1.29, 1.82) is 0 Å². The van der Waals surface area contributed by atoms with Crippen LogP contribution in [-0.2, 0) is 5.75 Å². The van der Waals surface area contributed by atoms with Crippen molar-refractivity contribution < 1.29 is 0 Å². The third-order valence-corrected chi connectivity index (χ3v) is 5.23. The molecule has 0 heterocycles. The predicted octanol–water partition coefficient (Wildman–Crippen LogP) is 4.74. The monoisotopic (exact) mass is 297 g/mol. The molecule has 19 heavy (non-hydrogen) atoms. The topological polar surface area (TPSA) is 12.0 Å². The van der Waals surface area contributed by atoms with Crippen LogP contribution in [0.2, 0.25) is 5.02 Å². The minimum absolute atomic E-state index is 0.755. The molecule has 1 nitrogen and oxygen atoms in total. The summed E-state index contributed by atoms with van der Waals surface area (Å²) >= 11 is 7.87. The van der Waals surface area contributed by atoms with Gasteiger partial charge in [-0.2, -0.15) is 11.8 Å². The van der Waals surface area contributed by atoms with Gasteiger partial charge in [0, 0.05) is 29.1 Å². The first-order chi connectivity index (χ1) is 9.25. The second-order valence-electron chi connectivity index (χ2n) is 5.50. The zero-order valence-electron chi connectivity index (χ0n) is 11.7. The molecule has 1 aliphatic carbocycles. The molecule has 0 radical (unpaired) electrons. The van der Waals surface area contributed by atoms with E-state index in [1.165, 1.54) is 37.0 Å². The van der Waals surface area contributed by atoms with Crippen LogP contribution >= 0.6 is 23.4 Å². The van der Waals surface area contributed by atoms with Crippen molar-refractivity contribution in [3.05, 3.63) is 34.9 Å². The Bertz CT molecular complexity index is 366. The quantitative estimate of drug-likeness (QED) is 0.761. The summed E-state index contributed by atoms with van der Waals surface area (Å²) in [6, 6.07) is 8.93. The fourth-order valence-electron chi connectivity index (χ4n) is 2.71. The number of benzene rings is 1. The SMILES string of the molecule is CC1CCCCC1NCCSCc1ccc(Cl)cc1. The van der Waals surface area contributed by atoms with E-state index in [1.54, 1.807) is 0 Å². The fourth-order valence-corrected chi connectivity index (χ4v) is 3.67. The lowest BCUT2D eigenvalue weighted by Crippen LogP contribution is -2.38. The molecule has 2 rings (SSSR count). The Balaban J connectivity index is 1.58. The third kappa shape index (κ3) is 5.37. The second-order valence-corrected chi connectivity index (χ2v) is 7.04. The molecular weight excluding hydrogens is 274 g/mol. The Hall–Kier alpha value is -0.180. The highest BCUT2D eigenvalue weighted by Crippen LogP contribution is 2.23. The summed E-state index contributed by atoms with van der Waals surface area (Å²) in [5, 5.41) is 4.55. The van der Waals surface area contributed by atoms with Gasteiger partial charge in [0.1, 0.15) is 0 Å². The van der Waals surface area contributed by atoms with Gasteiger partial charge in [0.25, 0.3) is 0 Å². The van der Waals surface area contributed by atoms with Gasteiger partial charge in [0.05, 0.1) is 0 Å². The van der Waals surface area contributed by atoms with Gasteiger partial charge in [0.2, 0.25) is 0 Å². The summed E-state index contributed by atoms with van der Waals surface area (Å²) in [5.41, 5.74) is 1.36. The first-order valence-corrected chi connectivity index (χ1v) is 8.84. The molecule has 1 aliphatic rings. The van der Waals surface area contributed by atoms with Gasteiger partial charge in [-0.15, -0.1) is 0 Å². The van der Waals surface area contributed by atoms with E-state index in [2.05, 4.69) is 24.4 Å². The lowest BCUT2D eigenvalue weighted by Gasteiger charge is -2.29. The van der Waals surface area contributed by atoms with Crippen LogP contribution in [0.5, 0.6) is 0 Å². The van der Waals surface area contributed by atoms with E-state index in [4.69, 9.17) is 11.6 Å². The number of thioether (sulfide) groups is 1. The Morgan fingerprint density at radius 1 is 1.21 bits per heavy atom. The average Bonchev–Trinajstić information content (AvgIpc) is 2.42. The summed E-state index contributed by atoms with van der Waals surface area (Å²) in [7, 11) is 0. The summed E-state index contributed by atoms with van der Waals surface area (Å²) < 4.78 is 0. The third-order valence-electron chi connectivity index (χ3n) is 3.95. The fraction of sp³-hybridized carbons (Fsp3) is 0.625. The minimum Gasteiger partial charge on any atom is -0.313 e. The molecule has 2 unspecified atom stereocenters. The smallest absolute Gasteiger partial charge is 0.0406 e. The van der Waals surface area contributed by atoms with E-state index < -0.39 is 0 Å². The van der Waals surface area contributed by atoms with Gasteiger partial charge >= 0.3 is 0 Å². The maximum atomic E-state index is 5.88. The summed E-state index contributed by atoms with van der Waals surface area (Å²) in [5.74, 6) is 3.13. The van der Waals surface area contributed by atoms with Crippen molar-refractivity contribution in [2.45, 2.75) is 44.4 Å². The average molecular weight is 298 g/mol. The molecule has 0 spiro atoms. The van der Waals surface area contributed by atoms with E-state index in [1.807, 2.05) is 23.9 Å². The molecule has 1 N–H and O–H groups in total. The standard InChI is InChI=1S/C16H24ClNS/c1-13-4-2-3-5-16(13)18-10-11-19-12-14-6-8-15(17)9-7-14/h6-9,13,16,18H,2-5,10-12H2,1H3. The maximum Gasteiger partial charge on any atom is 0.0406 e. The summed E-state index contributed by atoms with van der Waals surface area (Å²) in [6.07, 6.45) is 5.59. The van der Waals surface area contributed by atoms with E-state index in [0.717, 1.165) is 29.3 Å². The molecule has 0 amide bonds. The molecule has 1 fully saturated rings. The molecule has 3 heteroatoms. The van der Waals surface area contributed by atoms with Crippen molar-refractivity contribution in [3.8, 4) is 0 Å². The summed E-state index contributed by atoms with van der Waals surface area (Å²) in [6.45, 7) is 3.52. The second kappa shape index (κ2) is 8.18. The first kappa shape index (κ1) is 15.2. The lowest BCUT2D eigenvalue weighted by molar-refractivity contribution is 0.285. The van der Waals surface area contributed by atoms with Crippen LogP contribution < -0.4 is 5.32 Å². The molecular formula is C16H24ClNS. The highest BCUT2D eigenvalue weighted by molar-refractivity contribution is 7.98. The predicted molar refractivity (Wildman–Crippen MR) is 87.0 cm³/mol. The van der Waals surface area contributed by atoms with Crippen LogP contribution in [-0.4, -0.2) is 18.3 Å². The van der Waals surface area contributed by atoms with Crippen LogP contribution in [0.1, 0.15) is 38.2 Å². The molecule has 1 aromatic rings. The number of nitrogens with one attached hydrogen (secondary N) is 1. The Morgan fingerprint density at radius 2 is 1.95 bits per heavy atom. The Labute approximate surface area is 126 Å². The lowest BCUT2D eigenvalue weighted by atomic mass is 9.86. The zero-order chi connectivity index (χ0) is 13.5. The van der Waals surface area contributed by atoms with E-state index in [0.29, 0.717) is 0 Å². The molecule has 0 bridgehead atoms. The molecule has 1 aromatic carbocycles. The molecule has 2 atom stereocenters. The highest BCUT2D eigenvalue weighted by Gasteiger charge is 2.19. The van der Waals surface area contributed by atoms with Crippen LogP contribution in [0.25, 0.3) is 0 Å². The normalized spacial score (nSPS) is 23.5.